The van der Waals surface area contributed by atoms with Gasteiger partial charge in [-0.2, -0.15) is 0 Å². The summed E-state index contributed by atoms with van der Waals surface area (Å²) in [6, 6.07) is 13.5. The van der Waals surface area contributed by atoms with Crippen LogP contribution in [0.2, 0.25) is 0 Å². The number of nitrogens with zero attached hydrogens (tertiary/aromatic N) is 2. The van der Waals surface area contributed by atoms with E-state index in [9.17, 15) is 0 Å². The summed E-state index contributed by atoms with van der Waals surface area (Å²) in [6.07, 6.45) is 6.65. The zero-order valence-corrected chi connectivity index (χ0v) is 14.2. The quantitative estimate of drug-likeness (QED) is 0.495. The van der Waals surface area contributed by atoms with E-state index in [0.29, 0.717) is 23.8 Å². The lowest BCUT2D eigenvalue weighted by atomic mass is 10.1. The minimum atomic E-state index is 0.310. The molecule has 4 heteroatoms. The van der Waals surface area contributed by atoms with E-state index in [-0.39, 0.29) is 0 Å². The SMILES string of the molecule is C=CC.Cc1ccccc1CN=C(N)/C=C\C(=N)c1ccccn1. The Balaban J connectivity index is 0.000000891. The molecule has 0 aliphatic rings. The maximum atomic E-state index is 7.89. The number of nitrogens with two attached hydrogens (primary N) is 1. The molecule has 124 valence electrons. The third-order valence-corrected chi connectivity index (χ3v) is 3.05. The minimum absolute atomic E-state index is 0.310. The number of benzene rings is 1. The summed E-state index contributed by atoms with van der Waals surface area (Å²) < 4.78 is 0. The van der Waals surface area contributed by atoms with Crippen molar-refractivity contribution < 1.29 is 0 Å². The van der Waals surface area contributed by atoms with Crippen molar-refractivity contribution in [3.63, 3.8) is 0 Å². The lowest BCUT2D eigenvalue weighted by Gasteiger charge is -2.01. The van der Waals surface area contributed by atoms with Crippen molar-refractivity contribution in [2.45, 2.75) is 20.4 Å². The number of pyridine rings is 1. The highest BCUT2D eigenvalue weighted by molar-refractivity contribution is 6.08. The van der Waals surface area contributed by atoms with E-state index in [0.717, 1.165) is 5.56 Å². The predicted molar refractivity (Wildman–Crippen MR) is 103 cm³/mol. The largest absolute Gasteiger partial charge is 0.384 e. The number of aliphatic imine (C=N–C) groups is 1. The van der Waals surface area contributed by atoms with Gasteiger partial charge in [-0.25, -0.2) is 0 Å². The molecule has 0 fully saturated rings. The Kier molecular flexibility index (Phi) is 8.47. The summed E-state index contributed by atoms with van der Waals surface area (Å²) in [7, 11) is 0. The molecule has 0 unspecified atom stereocenters. The molecular formula is C20H24N4. The van der Waals surface area contributed by atoms with Gasteiger partial charge in [0.15, 0.2) is 0 Å². The molecule has 0 amide bonds. The van der Waals surface area contributed by atoms with Crippen molar-refractivity contribution in [3.05, 3.63) is 90.3 Å². The van der Waals surface area contributed by atoms with E-state index >= 15 is 0 Å². The Labute approximate surface area is 144 Å². The van der Waals surface area contributed by atoms with Crippen molar-refractivity contribution in [3.8, 4) is 0 Å². The van der Waals surface area contributed by atoms with Gasteiger partial charge in [0.2, 0.25) is 0 Å². The Hall–Kier alpha value is -3.01. The van der Waals surface area contributed by atoms with Gasteiger partial charge in [-0.3, -0.25) is 15.4 Å². The Morgan fingerprint density at radius 2 is 1.88 bits per heavy atom. The van der Waals surface area contributed by atoms with Crippen molar-refractivity contribution in [2.75, 3.05) is 0 Å². The van der Waals surface area contributed by atoms with Gasteiger partial charge < -0.3 is 5.73 Å². The third-order valence-electron chi connectivity index (χ3n) is 3.05. The number of hydrogen-bond acceptors (Lipinski definition) is 3. The molecule has 0 atom stereocenters. The molecule has 3 N–H and O–H groups in total. The van der Waals surface area contributed by atoms with Crippen LogP contribution in [0, 0.1) is 12.3 Å². The number of allylic oxidation sites excluding steroid dienone is 2. The van der Waals surface area contributed by atoms with E-state index in [4.69, 9.17) is 11.1 Å². The first kappa shape index (κ1) is 19.0. The highest BCUT2D eigenvalue weighted by Gasteiger charge is 1.98. The van der Waals surface area contributed by atoms with Gasteiger partial charge in [0, 0.05) is 6.20 Å². The fourth-order valence-electron chi connectivity index (χ4n) is 1.79. The summed E-state index contributed by atoms with van der Waals surface area (Å²) in [5.41, 5.74) is 9.11. The van der Waals surface area contributed by atoms with Crippen molar-refractivity contribution in [1.82, 2.24) is 4.98 Å². The molecule has 24 heavy (non-hydrogen) atoms. The van der Waals surface area contributed by atoms with Crippen LogP contribution in [0.4, 0.5) is 0 Å². The summed E-state index contributed by atoms with van der Waals surface area (Å²) in [5, 5.41) is 7.89. The molecule has 0 aliphatic carbocycles. The average Bonchev–Trinajstić information content (AvgIpc) is 2.60. The first-order valence-electron chi connectivity index (χ1n) is 7.68. The molecule has 2 aromatic rings. The highest BCUT2D eigenvalue weighted by Crippen LogP contribution is 2.08. The van der Waals surface area contributed by atoms with E-state index in [2.05, 4.69) is 16.6 Å². The molecule has 0 bridgehead atoms. The smallest absolute Gasteiger partial charge is 0.118 e. The molecule has 2 rings (SSSR count). The van der Waals surface area contributed by atoms with Crippen LogP contribution in [0.3, 0.4) is 0 Å². The van der Waals surface area contributed by atoms with Gasteiger partial charge >= 0.3 is 0 Å². The second-order valence-corrected chi connectivity index (χ2v) is 5.04. The van der Waals surface area contributed by atoms with Gasteiger partial charge in [-0.15, -0.1) is 6.58 Å². The zero-order valence-electron chi connectivity index (χ0n) is 14.2. The lowest BCUT2D eigenvalue weighted by molar-refractivity contribution is 1.04. The van der Waals surface area contributed by atoms with Crippen molar-refractivity contribution in [2.24, 2.45) is 10.7 Å². The maximum Gasteiger partial charge on any atom is 0.118 e. The lowest BCUT2D eigenvalue weighted by Crippen LogP contribution is -2.09. The summed E-state index contributed by atoms with van der Waals surface area (Å²) in [5.74, 6) is 0.402. The summed E-state index contributed by atoms with van der Waals surface area (Å²) >= 11 is 0. The molecule has 1 aromatic carbocycles. The van der Waals surface area contributed by atoms with Crippen molar-refractivity contribution >= 4 is 11.5 Å². The number of hydrogen-bond donors (Lipinski definition) is 2. The first-order valence-corrected chi connectivity index (χ1v) is 7.68. The second kappa shape index (κ2) is 10.7. The Bertz CT molecular complexity index is 715. The third kappa shape index (κ3) is 6.83. The maximum absolute atomic E-state index is 7.89. The molecule has 0 saturated heterocycles. The van der Waals surface area contributed by atoms with Gasteiger partial charge in [-0.1, -0.05) is 36.4 Å². The normalized spacial score (nSPS) is 10.8. The standard InChI is InChI=1S/C17H18N4.C3H6/c1-13-6-2-3-7-14(13)12-21-17(19)10-9-15(18)16-8-4-5-11-20-16;1-3-2/h2-11,18H,12H2,1H3,(H2,19,21);3H,1H2,2H3/b10-9-,18-15?;. The van der Waals surface area contributed by atoms with Crippen LogP contribution in [-0.2, 0) is 6.54 Å². The molecule has 4 nitrogen and oxygen atoms in total. The average molecular weight is 320 g/mol. The van der Waals surface area contributed by atoms with Crippen LogP contribution in [0.5, 0.6) is 0 Å². The van der Waals surface area contributed by atoms with Crippen LogP contribution in [0.15, 0.2) is 78.5 Å². The van der Waals surface area contributed by atoms with E-state index < -0.39 is 0 Å². The summed E-state index contributed by atoms with van der Waals surface area (Å²) in [4.78, 5) is 8.42. The number of rotatable bonds is 5. The monoisotopic (exact) mass is 320 g/mol. The topological polar surface area (TPSA) is 75.1 Å². The fourth-order valence-corrected chi connectivity index (χ4v) is 1.79. The van der Waals surface area contributed by atoms with E-state index in [1.807, 2.05) is 50.2 Å². The number of aromatic nitrogens is 1. The minimum Gasteiger partial charge on any atom is -0.384 e. The Morgan fingerprint density at radius 3 is 2.50 bits per heavy atom. The predicted octanol–water partition coefficient (Wildman–Crippen LogP) is 4.06. The van der Waals surface area contributed by atoms with Gasteiger partial charge in [-0.05, 0) is 49.3 Å². The molecule has 0 radical (unpaired) electrons. The van der Waals surface area contributed by atoms with Crippen LogP contribution in [0.25, 0.3) is 0 Å². The van der Waals surface area contributed by atoms with E-state index in [1.165, 1.54) is 5.56 Å². The second-order valence-electron chi connectivity index (χ2n) is 5.04. The van der Waals surface area contributed by atoms with Gasteiger partial charge in [0.05, 0.1) is 18.0 Å². The van der Waals surface area contributed by atoms with E-state index in [1.54, 1.807) is 30.5 Å². The van der Waals surface area contributed by atoms with Crippen LogP contribution in [0.1, 0.15) is 23.7 Å². The molecule has 1 aromatic heterocycles. The summed E-state index contributed by atoms with van der Waals surface area (Å²) in [6.45, 7) is 7.84. The van der Waals surface area contributed by atoms with Crippen LogP contribution in [-0.4, -0.2) is 16.5 Å². The fraction of sp³-hybridized carbons (Fsp3) is 0.150. The molecule has 0 aliphatic heterocycles. The number of amidine groups is 1. The van der Waals surface area contributed by atoms with Crippen molar-refractivity contribution in [1.29, 1.82) is 5.41 Å². The molecule has 0 saturated carbocycles. The first-order chi connectivity index (χ1) is 11.6. The van der Waals surface area contributed by atoms with Crippen LogP contribution >= 0.6 is 0 Å². The van der Waals surface area contributed by atoms with Gasteiger partial charge in [0.1, 0.15) is 5.84 Å². The molecule has 0 spiro atoms. The number of aryl methyl sites for hydroxylation is 1. The van der Waals surface area contributed by atoms with Gasteiger partial charge in [0.25, 0.3) is 0 Å². The zero-order chi connectivity index (χ0) is 17.8. The molecular weight excluding hydrogens is 296 g/mol. The molecule has 1 heterocycles. The number of nitrogens with one attached hydrogen (secondary N) is 1. The van der Waals surface area contributed by atoms with Crippen LogP contribution < -0.4 is 5.73 Å². The highest BCUT2D eigenvalue weighted by atomic mass is 14.8. The Morgan fingerprint density at radius 1 is 1.21 bits per heavy atom.